The SMILES string of the molecule is O=C(O)c1ccc(Cl)c(-c2ccc(C=NNC(=O)c3ccncc3)o2)c1. The number of carbonyl (C=O) groups is 2. The maximum Gasteiger partial charge on any atom is 0.335 e. The molecule has 130 valence electrons. The Morgan fingerprint density at radius 2 is 1.88 bits per heavy atom. The quantitative estimate of drug-likeness (QED) is 0.529. The summed E-state index contributed by atoms with van der Waals surface area (Å²) in [7, 11) is 0. The van der Waals surface area contributed by atoms with Crippen LogP contribution in [0.1, 0.15) is 26.5 Å². The van der Waals surface area contributed by atoms with Crippen molar-refractivity contribution in [3.05, 3.63) is 76.8 Å². The molecule has 0 saturated heterocycles. The van der Waals surface area contributed by atoms with Crippen LogP contribution in [0.2, 0.25) is 5.02 Å². The van der Waals surface area contributed by atoms with Gasteiger partial charge in [0.1, 0.15) is 11.5 Å². The average molecular weight is 370 g/mol. The fraction of sp³-hybridized carbons (Fsp3) is 0. The molecule has 0 aliphatic carbocycles. The van der Waals surface area contributed by atoms with Crippen LogP contribution < -0.4 is 5.43 Å². The number of aromatic nitrogens is 1. The zero-order valence-corrected chi connectivity index (χ0v) is 14.0. The van der Waals surface area contributed by atoms with Crippen LogP contribution in [-0.2, 0) is 0 Å². The van der Waals surface area contributed by atoms with Gasteiger partial charge in [0, 0.05) is 23.5 Å². The highest BCUT2D eigenvalue weighted by Gasteiger charge is 2.12. The van der Waals surface area contributed by atoms with Crippen molar-refractivity contribution < 1.29 is 19.1 Å². The molecule has 0 atom stereocenters. The summed E-state index contributed by atoms with van der Waals surface area (Å²) < 4.78 is 5.58. The fourth-order valence-corrected chi connectivity index (χ4v) is 2.35. The lowest BCUT2D eigenvalue weighted by Gasteiger charge is -2.02. The summed E-state index contributed by atoms with van der Waals surface area (Å²) in [5.74, 6) is -0.686. The smallest absolute Gasteiger partial charge is 0.335 e. The first-order valence-electron chi connectivity index (χ1n) is 7.41. The van der Waals surface area contributed by atoms with E-state index < -0.39 is 5.97 Å². The molecule has 3 aromatic rings. The lowest BCUT2D eigenvalue weighted by Crippen LogP contribution is -2.17. The maximum absolute atomic E-state index is 11.9. The molecular weight excluding hydrogens is 358 g/mol. The van der Waals surface area contributed by atoms with Gasteiger partial charge in [-0.3, -0.25) is 9.78 Å². The number of carboxylic acid groups (broad SMARTS) is 1. The van der Waals surface area contributed by atoms with Crippen LogP contribution in [-0.4, -0.2) is 28.2 Å². The lowest BCUT2D eigenvalue weighted by atomic mass is 10.1. The van der Waals surface area contributed by atoms with E-state index in [-0.39, 0.29) is 11.5 Å². The Morgan fingerprint density at radius 1 is 1.12 bits per heavy atom. The van der Waals surface area contributed by atoms with Crippen molar-refractivity contribution in [2.45, 2.75) is 0 Å². The van der Waals surface area contributed by atoms with Crippen LogP contribution in [0.25, 0.3) is 11.3 Å². The molecule has 2 aromatic heterocycles. The van der Waals surface area contributed by atoms with Gasteiger partial charge in [0.05, 0.1) is 16.8 Å². The largest absolute Gasteiger partial charge is 0.478 e. The first-order chi connectivity index (χ1) is 12.5. The van der Waals surface area contributed by atoms with Crippen molar-refractivity contribution in [3.8, 4) is 11.3 Å². The molecule has 7 nitrogen and oxygen atoms in total. The molecule has 0 spiro atoms. The number of nitrogens with one attached hydrogen (secondary N) is 1. The summed E-state index contributed by atoms with van der Waals surface area (Å²) in [6, 6.07) is 10.7. The minimum atomic E-state index is -1.06. The molecule has 8 heteroatoms. The van der Waals surface area contributed by atoms with E-state index in [4.69, 9.17) is 21.1 Å². The topological polar surface area (TPSA) is 105 Å². The first kappa shape index (κ1) is 17.4. The number of furan rings is 1. The third-order valence-corrected chi connectivity index (χ3v) is 3.74. The highest BCUT2D eigenvalue weighted by Crippen LogP contribution is 2.30. The Kier molecular flexibility index (Phi) is 5.09. The molecular formula is C18H12ClN3O4. The molecule has 0 aliphatic heterocycles. The lowest BCUT2D eigenvalue weighted by molar-refractivity contribution is 0.0696. The summed E-state index contributed by atoms with van der Waals surface area (Å²) in [5, 5.41) is 13.3. The fourth-order valence-electron chi connectivity index (χ4n) is 2.14. The number of carbonyl (C=O) groups excluding carboxylic acids is 1. The standard InChI is InChI=1S/C18H12ClN3O4/c19-15-3-1-12(18(24)25)9-14(15)16-4-2-13(26-16)10-21-22-17(23)11-5-7-20-8-6-11/h1-10H,(H,22,23)(H,24,25). The van der Waals surface area contributed by atoms with Gasteiger partial charge in [-0.05, 0) is 42.5 Å². The number of aromatic carboxylic acids is 1. The minimum absolute atomic E-state index is 0.0978. The summed E-state index contributed by atoms with van der Waals surface area (Å²) in [4.78, 5) is 26.8. The third-order valence-electron chi connectivity index (χ3n) is 3.41. The van der Waals surface area contributed by atoms with Gasteiger partial charge < -0.3 is 9.52 Å². The van der Waals surface area contributed by atoms with Crippen LogP contribution in [0.5, 0.6) is 0 Å². The summed E-state index contributed by atoms with van der Waals surface area (Å²) in [6.07, 6.45) is 4.34. The van der Waals surface area contributed by atoms with E-state index in [1.807, 2.05) is 0 Å². The number of hydrazone groups is 1. The molecule has 1 aromatic carbocycles. The second kappa shape index (κ2) is 7.62. The summed E-state index contributed by atoms with van der Waals surface area (Å²) >= 11 is 6.11. The number of hydrogen-bond donors (Lipinski definition) is 2. The van der Waals surface area contributed by atoms with Crippen LogP contribution in [0.3, 0.4) is 0 Å². The van der Waals surface area contributed by atoms with Gasteiger partial charge in [-0.1, -0.05) is 11.6 Å². The second-order valence-corrected chi connectivity index (χ2v) is 5.54. The molecule has 1 amide bonds. The van der Waals surface area contributed by atoms with Crippen molar-refractivity contribution in [2.75, 3.05) is 0 Å². The van der Waals surface area contributed by atoms with E-state index in [9.17, 15) is 9.59 Å². The maximum atomic E-state index is 11.9. The van der Waals surface area contributed by atoms with E-state index in [1.54, 1.807) is 24.3 Å². The van der Waals surface area contributed by atoms with Gasteiger partial charge in [-0.25, -0.2) is 10.2 Å². The number of benzene rings is 1. The Hall–Kier alpha value is -3.45. The van der Waals surface area contributed by atoms with E-state index in [2.05, 4.69) is 15.5 Å². The minimum Gasteiger partial charge on any atom is -0.478 e. The van der Waals surface area contributed by atoms with Crippen LogP contribution in [0.15, 0.2) is 64.4 Å². The van der Waals surface area contributed by atoms with Crippen LogP contribution >= 0.6 is 11.6 Å². The average Bonchev–Trinajstić information content (AvgIpc) is 3.11. The van der Waals surface area contributed by atoms with Crippen molar-refractivity contribution in [3.63, 3.8) is 0 Å². The predicted octanol–water partition coefficient (Wildman–Crippen LogP) is 3.46. The van der Waals surface area contributed by atoms with Gasteiger partial charge in [-0.2, -0.15) is 5.10 Å². The third kappa shape index (κ3) is 3.96. The van der Waals surface area contributed by atoms with Crippen molar-refractivity contribution in [1.82, 2.24) is 10.4 Å². The van der Waals surface area contributed by atoms with Gasteiger partial charge in [0.2, 0.25) is 0 Å². The molecule has 0 unspecified atom stereocenters. The first-order valence-corrected chi connectivity index (χ1v) is 7.79. The normalized spacial score (nSPS) is 10.8. The van der Waals surface area contributed by atoms with E-state index in [0.29, 0.717) is 27.7 Å². The molecule has 0 bridgehead atoms. The zero-order chi connectivity index (χ0) is 18.5. The Bertz CT molecular complexity index is 983. The Morgan fingerprint density at radius 3 is 2.62 bits per heavy atom. The molecule has 0 radical (unpaired) electrons. The molecule has 2 heterocycles. The monoisotopic (exact) mass is 369 g/mol. The predicted molar refractivity (Wildman–Crippen MR) is 95.4 cm³/mol. The highest BCUT2D eigenvalue weighted by atomic mass is 35.5. The van der Waals surface area contributed by atoms with E-state index in [0.717, 1.165) is 0 Å². The van der Waals surface area contributed by atoms with E-state index >= 15 is 0 Å². The highest BCUT2D eigenvalue weighted by molar-refractivity contribution is 6.33. The van der Waals surface area contributed by atoms with Crippen molar-refractivity contribution in [2.24, 2.45) is 5.10 Å². The molecule has 26 heavy (non-hydrogen) atoms. The number of pyridine rings is 1. The Labute approximate surface area is 152 Å². The number of carboxylic acids is 1. The second-order valence-electron chi connectivity index (χ2n) is 5.14. The van der Waals surface area contributed by atoms with E-state index in [1.165, 1.54) is 36.8 Å². The molecule has 3 rings (SSSR count). The summed E-state index contributed by atoms with van der Waals surface area (Å²) in [5.41, 5.74) is 3.35. The van der Waals surface area contributed by atoms with Gasteiger partial charge >= 0.3 is 5.97 Å². The van der Waals surface area contributed by atoms with Gasteiger partial charge in [0.15, 0.2) is 0 Å². The molecule has 0 aliphatic rings. The van der Waals surface area contributed by atoms with Gasteiger partial charge in [-0.15, -0.1) is 0 Å². The van der Waals surface area contributed by atoms with Crippen molar-refractivity contribution >= 4 is 29.7 Å². The number of nitrogens with zero attached hydrogens (tertiary/aromatic N) is 2. The Balaban J connectivity index is 1.73. The number of hydrogen-bond acceptors (Lipinski definition) is 5. The number of rotatable bonds is 5. The van der Waals surface area contributed by atoms with Crippen molar-refractivity contribution in [1.29, 1.82) is 0 Å². The number of halogens is 1. The molecule has 2 N–H and O–H groups in total. The van der Waals surface area contributed by atoms with Crippen LogP contribution in [0, 0.1) is 0 Å². The number of amides is 1. The molecule has 0 fully saturated rings. The molecule has 0 saturated carbocycles. The summed E-state index contributed by atoms with van der Waals surface area (Å²) in [6.45, 7) is 0. The van der Waals surface area contributed by atoms with Crippen LogP contribution in [0.4, 0.5) is 0 Å². The van der Waals surface area contributed by atoms with Gasteiger partial charge in [0.25, 0.3) is 5.91 Å². The zero-order valence-electron chi connectivity index (χ0n) is 13.2.